The summed E-state index contributed by atoms with van der Waals surface area (Å²) < 4.78 is 16.6. The molecule has 1 heterocycles. The summed E-state index contributed by atoms with van der Waals surface area (Å²) in [6.45, 7) is 2.78. The number of aromatic nitrogens is 3. The Morgan fingerprint density at radius 2 is 2.10 bits per heavy atom. The van der Waals surface area contributed by atoms with Crippen molar-refractivity contribution in [2.45, 2.75) is 19.4 Å². The highest BCUT2D eigenvalue weighted by atomic mass is 16.5. The number of rotatable bonds is 10. The minimum Gasteiger partial charge on any atom is -0.464 e. The maximum Gasteiger partial charge on any atom is 0.360 e. The van der Waals surface area contributed by atoms with Gasteiger partial charge in [-0.15, -0.1) is 5.10 Å². The van der Waals surface area contributed by atoms with E-state index in [1.807, 2.05) is 0 Å². The zero-order valence-corrected chi connectivity index (χ0v) is 12.0. The number of carbonyl (C=O) groups is 1. The van der Waals surface area contributed by atoms with E-state index in [1.54, 1.807) is 11.8 Å². The number of aryl methyl sites for hydroxylation is 1. The first-order valence-corrected chi connectivity index (χ1v) is 6.52. The van der Waals surface area contributed by atoms with Gasteiger partial charge in [-0.2, -0.15) is 0 Å². The maximum absolute atomic E-state index is 11.6. The van der Waals surface area contributed by atoms with Crippen LogP contribution in [-0.4, -0.2) is 61.5 Å². The molecule has 0 amide bonds. The van der Waals surface area contributed by atoms with Crippen molar-refractivity contribution < 1.29 is 19.0 Å². The van der Waals surface area contributed by atoms with Gasteiger partial charge in [0.1, 0.15) is 0 Å². The van der Waals surface area contributed by atoms with E-state index in [1.165, 1.54) is 7.11 Å². The lowest BCUT2D eigenvalue weighted by atomic mass is 10.2. The first kappa shape index (κ1) is 16.5. The first-order valence-electron chi connectivity index (χ1n) is 6.52. The Hall–Kier alpha value is -1.51. The van der Waals surface area contributed by atoms with Crippen LogP contribution in [0.2, 0.25) is 0 Å². The Labute approximate surface area is 118 Å². The van der Waals surface area contributed by atoms with Gasteiger partial charge in [-0.25, -0.2) is 9.48 Å². The quantitative estimate of drug-likeness (QED) is 0.462. The second-order valence-electron chi connectivity index (χ2n) is 4.10. The highest BCUT2D eigenvalue weighted by Crippen LogP contribution is 2.08. The van der Waals surface area contributed by atoms with E-state index in [-0.39, 0.29) is 5.69 Å². The molecule has 1 rings (SSSR count). The van der Waals surface area contributed by atoms with Gasteiger partial charge in [0.2, 0.25) is 0 Å². The normalized spacial score (nSPS) is 10.8. The predicted molar refractivity (Wildman–Crippen MR) is 71.4 cm³/mol. The molecule has 0 aliphatic rings. The van der Waals surface area contributed by atoms with Gasteiger partial charge >= 0.3 is 5.97 Å². The fourth-order valence-electron chi connectivity index (χ4n) is 1.71. The second-order valence-corrected chi connectivity index (χ2v) is 4.10. The highest BCUT2D eigenvalue weighted by Gasteiger charge is 2.19. The van der Waals surface area contributed by atoms with Gasteiger partial charge in [-0.3, -0.25) is 0 Å². The van der Waals surface area contributed by atoms with Crippen LogP contribution >= 0.6 is 0 Å². The fourth-order valence-corrected chi connectivity index (χ4v) is 1.71. The summed E-state index contributed by atoms with van der Waals surface area (Å²) in [5.41, 5.74) is 6.49. The molecule has 2 N–H and O–H groups in total. The summed E-state index contributed by atoms with van der Waals surface area (Å²) in [6.07, 6.45) is 1.30. The molecule has 114 valence electrons. The summed E-state index contributed by atoms with van der Waals surface area (Å²) in [4.78, 5) is 11.6. The Bertz CT molecular complexity index is 408. The second kappa shape index (κ2) is 9.40. The van der Waals surface area contributed by atoms with Crippen molar-refractivity contribution in [3.05, 3.63) is 11.4 Å². The van der Waals surface area contributed by atoms with E-state index in [2.05, 4.69) is 15.0 Å². The van der Waals surface area contributed by atoms with Crippen LogP contribution < -0.4 is 5.73 Å². The molecule has 8 heteroatoms. The number of methoxy groups -OCH3 is 2. The third kappa shape index (κ3) is 4.87. The molecule has 20 heavy (non-hydrogen) atoms. The van der Waals surface area contributed by atoms with Gasteiger partial charge in [0.25, 0.3) is 0 Å². The van der Waals surface area contributed by atoms with E-state index in [0.29, 0.717) is 45.0 Å². The van der Waals surface area contributed by atoms with Crippen LogP contribution in [0.4, 0.5) is 0 Å². The van der Waals surface area contributed by atoms with Crippen molar-refractivity contribution in [2.75, 3.05) is 40.6 Å². The van der Waals surface area contributed by atoms with Crippen LogP contribution in [-0.2, 0) is 27.2 Å². The summed E-state index contributed by atoms with van der Waals surface area (Å²) in [7, 11) is 2.95. The number of carbonyl (C=O) groups excluding carboxylic acids is 1. The summed E-state index contributed by atoms with van der Waals surface area (Å²) in [5.74, 6) is -0.490. The van der Waals surface area contributed by atoms with Crippen molar-refractivity contribution in [3.63, 3.8) is 0 Å². The molecule has 0 aliphatic heterocycles. The lowest BCUT2D eigenvalue weighted by Gasteiger charge is -2.07. The average molecular weight is 286 g/mol. The van der Waals surface area contributed by atoms with Gasteiger partial charge in [-0.05, 0) is 13.0 Å². The number of ether oxygens (including phenoxy) is 3. The molecular formula is C12H22N4O4. The van der Waals surface area contributed by atoms with E-state index >= 15 is 0 Å². The minimum absolute atomic E-state index is 0.234. The van der Waals surface area contributed by atoms with Crippen LogP contribution in [0.5, 0.6) is 0 Å². The predicted octanol–water partition coefficient (Wildman–Crippen LogP) is -0.381. The molecule has 0 unspecified atom stereocenters. The Morgan fingerprint density at radius 1 is 1.30 bits per heavy atom. The topological polar surface area (TPSA) is 101 Å². The fraction of sp³-hybridized carbons (Fsp3) is 0.750. The lowest BCUT2D eigenvalue weighted by Crippen LogP contribution is -2.15. The molecule has 8 nitrogen and oxygen atoms in total. The Morgan fingerprint density at radius 3 is 2.75 bits per heavy atom. The average Bonchev–Trinajstić information content (AvgIpc) is 2.85. The molecule has 0 saturated carbocycles. The number of hydrogen-bond acceptors (Lipinski definition) is 7. The molecular weight excluding hydrogens is 264 g/mol. The van der Waals surface area contributed by atoms with Crippen LogP contribution in [0.15, 0.2) is 0 Å². The van der Waals surface area contributed by atoms with E-state index in [9.17, 15) is 4.79 Å². The number of nitrogens with zero attached hydrogens (tertiary/aromatic N) is 3. The molecule has 1 aromatic heterocycles. The third-order valence-corrected chi connectivity index (χ3v) is 2.69. The largest absolute Gasteiger partial charge is 0.464 e. The smallest absolute Gasteiger partial charge is 0.360 e. The minimum atomic E-state index is -0.490. The summed E-state index contributed by atoms with van der Waals surface area (Å²) in [6, 6.07) is 0. The first-order chi connectivity index (χ1) is 9.74. The zero-order chi connectivity index (χ0) is 14.8. The van der Waals surface area contributed by atoms with E-state index in [4.69, 9.17) is 15.2 Å². The molecule has 0 aliphatic carbocycles. The standard InChI is InChI=1S/C12H22N4O4/c1-18-8-9-20-7-3-6-16-10(4-5-13)11(14-15-16)12(17)19-2/h3-9,13H2,1-2H3. The maximum atomic E-state index is 11.6. The number of hydrogen-bond donors (Lipinski definition) is 1. The van der Waals surface area contributed by atoms with Crippen molar-refractivity contribution in [3.8, 4) is 0 Å². The molecule has 0 bridgehead atoms. The van der Waals surface area contributed by atoms with Crippen LogP contribution in [0.3, 0.4) is 0 Å². The molecule has 0 aromatic carbocycles. The number of nitrogens with two attached hydrogens (primary N) is 1. The van der Waals surface area contributed by atoms with Crippen LogP contribution in [0, 0.1) is 0 Å². The summed E-state index contributed by atoms with van der Waals surface area (Å²) >= 11 is 0. The van der Waals surface area contributed by atoms with Gasteiger partial charge in [0.05, 0.1) is 26.0 Å². The van der Waals surface area contributed by atoms with Crippen LogP contribution in [0.25, 0.3) is 0 Å². The molecule has 1 aromatic rings. The molecule has 0 saturated heterocycles. The van der Waals surface area contributed by atoms with Crippen molar-refractivity contribution in [2.24, 2.45) is 5.73 Å². The van der Waals surface area contributed by atoms with Gasteiger partial charge < -0.3 is 19.9 Å². The monoisotopic (exact) mass is 286 g/mol. The van der Waals surface area contributed by atoms with Crippen molar-refractivity contribution in [1.82, 2.24) is 15.0 Å². The van der Waals surface area contributed by atoms with E-state index < -0.39 is 5.97 Å². The zero-order valence-electron chi connectivity index (χ0n) is 12.0. The van der Waals surface area contributed by atoms with Gasteiger partial charge in [0.15, 0.2) is 5.69 Å². The number of esters is 1. The molecule has 0 atom stereocenters. The van der Waals surface area contributed by atoms with Gasteiger partial charge in [0, 0.05) is 26.7 Å². The SMILES string of the molecule is COCCOCCCn1nnc(C(=O)OC)c1CCN. The Balaban J connectivity index is 2.52. The summed E-state index contributed by atoms with van der Waals surface area (Å²) in [5, 5.41) is 7.82. The molecule has 0 fully saturated rings. The van der Waals surface area contributed by atoms with Crippen molar-refractivity contribution >= 4 is 5.97 Å². The van der Waals surface area contributed by atoms with Crippen molar-refractivity contribution in [1.29, 1.82) is 0 Å². The van der Waals surface area contributed by atoms with E-state index in [0.717, 1.165) is 6.42 Å². The molecule has 0 radical (unpaired) electrons. The lowest BCUT2D eigenvalue weighted by molar-refractivity contribution is 0.0592. The Kier molecular flexibility index (Phi) is 7.78. The van der Waals surface area contributed by atoms with Crippen LogP contribution in [0.1, 0.15) is 22.6 Å². The highest BCUT2D eigenvalue weighted by molar-refractivity contribution is 5.88. The third-order valence-electron chi connectivity index (χ3n) is 2.69. The van der Waals surface area contributed by atoms with Gasteiger partial charge in [-0.1, -0.05) is 5.21 Å². The molecule has 0 spiro atoms.